The molecule has 1 rings (SSSR count). The van der Waals surface area contributed by atoms with Crippen LogP contribution in [-0.2, 0) is 16.0 Å². The number of nitrogens with zero attached hydrogens (tertiary/aromatic N) is 1. The molecule has 7 heteroatoms. The molecule has 1 aromatic heterocycles. The first-order valence-corrected chi connectivity index (χ1v) is 6.49. The summed E-state index contributed by atoms with van der Waals surface area (Å²) in [6, 6.07) is 0.730. The molecule has 0 aromatic carbocycles. The van der Waals surface area contributed by atoms with Crippen molar-refractivity contribution in [1.82, 2.24) is 10.5 Å². The Morgan fingerprint density at radius 2 is 2.25 bits per heavy atom. The zero-order chi connectivity index (χ0) is 15.1. The highest BCUT2D eigenvalue weighted by Gasteiger charge is 2.25. The minimum absolute atomic E-state index is 0.123. The summed E-state index contributed by atoms with van der Waals surface area (Å²) in [6.07, 6.45) is 1.16. The largest absolute Gasteiger partial charge is 0.480 e. The number of carboxylic acid groups (broad SMARTS) is 1. The number of hydrogen-bond donors (Lipinski definition) is 2. The van der Waals surface area contributed by atoms with Gasteiger partial charge in [-0.1, -0.05) is 20.3 Å². The SMILES string of the molecule is CCC(C)C(NC(=O)CCc1cc(OC)no1)C(=O)O. The van der Waals surface area contributed by atoms with Gasteiger partial charge in [0.25, 0.3) is 5.88 Å². The van der Waals surface area contributed by atoms with E-state index in [1.807, 2.05) is 6.92 Å². The molecular formula is C13H20N2O5. The van der Waals surface area contributed by atoms with Gasteiger partial charge in [0.2, 0.25) is 5.91 Å². The van der Waals surface area contributed by atoms with E-state index in [1.165, 1.54) is 7.11 Å². The van der Waals surface area contributed by atoms with Gasteiger partial charge in [0.15, 0.2) is 0 Å². The van der Waals surface area contributed by atoms with Crippen molar-refractivity contribution in [2.75, 3.05) is 7.11 Å². The number of nitrogens with one attached hydrogen (secondary N) is 1. The van der Waals surface area contributed by atoms with Crippen LogP contribution in [-0.4, -0.2) is 35.3 Å². The van der Waals surface area contributed by atoms with Crippen molar-refractivity contribution in [2.45, 2.75) is 39.2 Å². The second-order valence-corrected chi connectivity index (χ2v) is 4.60. The number of ether oxygens (including phenoxy) is 1. The lowest BCUT2D eigenvalue weighted by Gasteiger charge is -2.19. The molecule has 0 aliphatic rings. The number of carboxylic acids is 1. The number of carbonyl (C=O) groups excluding carboxylic acids is 1. The Hall–Kier alpha value is -2.05. The first-order valence-electron chi connectivity index (χ1n) is 6.49. The molecule has 0 aliphatic carbocycles. The van der Waals surface area contributed by atoms with Gasteiger partial charge < -0.3 is 19.7 Å². The fourth-order valence-corrected chi connectivity index (χ4v) is 1.67. The van der Waals surface area contributed by atoms with Gasteiger partial charge in [-0.05, 0) is 11.1 Å². The van der Waals surface area contributed by atoms with E-state index in [-0.39, 0.29) is 18.2 Å². The summed E-state index contributed by atoms with van der Waals surface area (Å²) in [5, 5.41) is 15.2. The number of aliphatic carboxylic acids is 1. The highest BCUT2D eigenvalue weighted by Crippen LogP contribution is 2.13. The van der Waals surface area contributed by atoms with Crippen molar-refractivity contribution in [2.24, 2.45) is 5.92 Å². The maximum absolute atomic E-state index is 11.8. The Morgan fingerprint density at radius 1 is 1.55 bits per heavy atom. The minimum Gasteiger partial charge on any atom is -0.480 e. The molecule has 0 radical (unpaired) electrons. The molecule has 2 N–H and O–H groups in total. The average Bonchev–Trinajstić information content (AvgIpc) is 2.89. The van der Waals surface area contributed by atoms with Crippen LogP contribution in [0, 0.1) is 5.92 Å². The van der Waals surface area contributed by atoms with Crippen LogP contribution in [0.15, 0.2) is 10.6 Å². The number of aromatic nitrogens is 1. The summed E-state index contributed by atoms with van der Waals surface area (Å²) in [7, 11) is 1.47. The third-order valence-electron chi connectivity index (χ3n) is 3.14. The lowest BCUT2D eigenvalue weighted by Crippen LogP contribution is -2.45. The Labute approximate surface area is 117 Å². The summed E-state index contributed by atoms with van der Waals surface area (Å²) in [6.45, 7) is 3.67. The molecule has 0 fully saturated rings. The van der Waals surface area contributed by atoms with Gasteiger partial charge in [0.05, 0.1) is 7.11 Å². The van der Waals surface area contributed by atoms with Crippen molar-refractivity contribution in [1.29, 1.82) is 0 Å². The van der Waals surface area contributed by atoms with E-state index < -0.39 is 12.0 Å². The summed E-state index contributed by atoms with van der Waals surface area (Å²) in [5.74, 6) is -0.597. The van der Waals surface area contributed by atoms with Crippen LogP contribution in [0.25, 0.3) is 0 Å². The molecule has 0 aliphatic heterocycles. The van der Waals surface area contributed by atoms with Crippen LogP contribution in [0.4, 0.5) is 0 Å². The number of amides is 1. The van der Waals surface area contributed by atoms with Crippen LogP contribution in [0.2, 0.25) is 0 Å². The van der Waals surface area contributed by atoms with E-state index in [0.717, 1.165) is 0 Å². The molecule has 1 aromatic rings. The van der Waals surface area contributed by atoms with Crippen LogP contribution >= 0.6 is 0 Å². The van der Waals surface area contributed by atoms with Crippen molar-refractivity contribution < 1.29 is 24.0 Å². The number of aryl methyl sites for hydroxylation is 1. The maximum Gasteiger partial charge on any atom is 0.326 e. The molecule has 7 nitrogen and oxygen atoms in total. The van der Waals surface area contributed by atoms with Gasteiger partial charge in [-0.2, -0.15) is 0 Å². The fourth-order valence-electron chi connectivity index (χ4n) is 1.67. The molecule has 0 bridgehead atoms. The van der Waals surface area contributed by atoms with Crippen molar-refractivity contribution in [3.63, 3.8) is 0 Å². The lowest BCUT2D eigenvalue weighted by atomic mass is 9.99. The molecule has 0 spiro atoms. The molecule has 1 heterocycles. The Balaban J connectivity index is 2.47. The first-order chi connectivity index (χ1) is 9.47. The van der Waals surface area contributed by atoms with Crippen LogP contribution in [0.1, 0.15) is 32.4 Å². The molecule has 0 saturated heterocycles. The predicted molar refractivity (Wildman–Crippen MR) is 70.4 cm³/mol. The van der Waals surface area contributed by atoms with Gasteiger partial charge in [-0.25, -0.2) is 4.79 Å². The molecular weight excluding hydrogens is 264 g/mol. The number of carbonyl (C=O) groups is 2. The van der Waals surface area contributed by atoms with E-state index in [0.29, 0.717) is 24.5 Å². The summed E-state index contributed by atoms with van der Waals surface area (Å²) < 4.78 is 9.82. The Kier molecular flexibility index (Phi) is 6.02. The third-order valence-corrected chi connectivity index (χ3v) is 3.14. The molecule has 112 valence electrons. The molecule has 2 atom stereocenters. The number of hydrogen-bond acceptors (Lipinski definition) is 5. The average molecular weight is 284 g/mol. The zero-order valence-corrected chi connectivity index (χ0v) is 11.9. The van der Waals surface area contributed by atoms with Crippen molar-refractivity contribution in [3.8, 4) is 5.88 Å². The van der Waals surface area contributed by atoms with E-state index in [4.69, 9.17) is 14.4 Å². The van der Waals surface area contributed by atoms with E-state index in [1.54, 1.807) is 13.0 Å². The van der Waals surface area contributed by atoms with E-state index >= 15 is 0 Å². The van der Waals surface area contributed by atoms with Gasteiger partial charge in [0, 0.05) is 18.9 Å². The molecule has 0 saturated carbocycles. The molecule has 2 unspecified atom stereocenters. The maximum atomic E-state index is 11.8. The topological polar surface area (TPSA) is 102 Å². The third kappa shape index (κ3) is 4.56. The zero-order valence-electron chi connectivity index (χ0n) is 11.9. The summed E-state index contributed by atoms with van der Waals surface area (Å²) in [4.78, 5) is 22.9. The first kappa shape index (κ1) is 16.0. The summed E-state index contributed by atoms with van der Waals surface area (Å²) in [5.41, 5.74) is 0. The Bertz CT molecular complexity index is 457. The fraction of sp³-hybridized carbons (Fsp3) is 0.615. The minimum atomic E-state index is -1.02. The van der Waals surface area contributed by atoms with Crippen LogP contribution in [0.3, 0.4) is 0 Å². The quantitative estimate of drug-likeness (QED) is 0.744. The van der Waals surface area contributed by atoms with Crippen molar-refractivity contribution in [3.05, 3.63) is 11.8 Å². The van der Waals surface area contributed by atoms with Crippen LogP contribution < -0.4 is 10.1 Å². The normalized spacial score (nSPS) is 13.6. The van der Waals surface area contributed by atoms with Gasteiger partial charge in [-0.15, -0.1) is 0 Å². The van der Waals surface area contributed by atoms with Crippen LogP contribution in [0.5, 0.6) is 5.88 Å². The Morgan fingerprint density at radius 3 is 2.75 bits per heavy atom. The second-order valence-electron chi connectivity index (χ2n) is 4.60. The highest BCUT2D eigenvalue weighted by atomic mass is 16.5. The van der Waals surface area contributed by atoms with Crippen molar-refractivity contribution >= 4 is 11.9 Å². The number of methoxy groups -OCH3 is 1. The van der Waals surface area contributed by atoms with E-state index in [9.17, 15) is 9.59 Å². The molecule has 20 heavy (non-hydrogen) atoms. The van der Waals surface area contributed by atoms with Gasteiger partial charge in [-0.3, -0.25) is 4.79 Å². The standard InChI is InChI=1S/C13H20N2O5/c1-4-8(2)12(13(17)18)14-10(16)6-5-9-7-11(19-3)15-20-9/h7-8,12H,4-6H2,1-3H3,(H,14,16)(H,17,18). The molecule has 1 amide bonds. The predicted octanol–water partition coefficient (Wildman–Crippen LogP) is 1.23. The highest BCUT2D eigenvalue weighted by molar-refractivity contribution is 5.83. The van der Waals surface area contributed by atoms with E-state index in [2.05, 4.69) is 10.5 Å². The smallest absolute Gasteiger partial charge is 0.326 e. The van der Waals surface area contributed by atoms with Gasteiger partial charge >= 0.3 is 5.97 Å². The monoisotopic (exact) mass is 284 g/mol. The second kappa shape index (κ2) is 7.52. The summed E-state index contributed by atoms with van der Waals surface area (Å²) >= 11 is 0. The number of rotatable bonds is 8. The lowest BCUT2D eigenvalue weighted by molar-refractivity contribution is -0.143. The van der Waals surface area contributed by atoms with Gasteiger partial charge in [0.1, 0.15) is 11.8 Å².